The Morgan fingerprint density at radius 1 is 1.16 bits per heavy atom. The first-order valence-corrected chi connectivity index (χ1v) is 7.09. The highest BCUT2D eigenvalue weighted by molar-refractivity contribution is 5.95. The fourth-order valence-corrected chi connectivity index (χ4v) is 1.87. The summed E-state index contributed by atoms with van der Waals surface area (Å²) in [7, 11) is 1.31. The van der Waals surface area contributed by atoms with Crippen molar-refractivity contribution in [1.29, 1.82) is 5.26 Å². The van der Waals surface area contributed by atoms with Crippen molar-refractivity contribution in [3.8, 4) is 17.6 Å². The van der Waals surface area contributed by atoms with Crippen LogP contribution in [0.3, 0.4) is 0 Å². The monoisotopic (exact) mass is 343 g/mol. The number of halogens is 1. The van der Waals surface area contributed by atoms with E-state index in [0.717, 1.165) is 6.07 Å². The van der Waals surface area contributed by atoms with Crippen LogP contribution in [0.5, 0.6) is 11.5 Å². The molecule has 0 aliphatic carbocycles. The highest BCUT2D eigenvalue weighted by Gasteiger charge is 2.12. The lowest BCUT2D eigenvalue weighted by Gasteiger charge is -2.10. The number of para-hydroxylation sites is 1. The third kappa shape index (κ3) is 4.68. The van der Waals surface area contributed by atoms with Crippen LogP contribution >= 0.6 is 0 Å². The van der Waals surface area contributed by atoms with Gasteiger partial charge in [0.15, 0.2) is 18.2 Å². The van der Waals surface area contributed by atoms with Crippen molar-refractivity contribution in [1.82, 2.24) is 10.9 Å². The zero-order valence-electron chi connectivity index (χ0n) is 13.2. The summed E-state index contributed by atoms with van der Waals surface area (Å²) in [6, 6.07) is 12.0. The maximum atomic E-state index is 13.6. The number of ether oxygens (including phenoxy) is 2. The molecule has 0 heterocycles. The highest BCUT2D eigenvalue weighted by Crippen LogP contribution is 2.17. The average molecular weight is 343 g/mol. The van der Waals surface area contributed by atoms with Crippen molar-refractivity contribution >= 4 is 11.8 Å². The molecule has 2 rings (SSSR count). The molecular weight excluding hydrogens is 329 g/mol. The smallest absolute Gasteiger partial charge is 0.276 e. The predicted molar refractivity (Wildman–Crippen MR) is 85.2 cm³/mol. The van der Waals surface area contributed by atoms with Gasteiger partial charge in [-0.25, -0.2) is 4.39 Å². The van der Waals surface area contributed by atoms with Crippen LogP contribution in [-0.4, -0.2) is 25.5 Å². The standard InChI is InChI=1S/C17H14FN3O4/c1-24-15-7-6-11(8-13(15)18)17(23)21-20-16(22)10-25-14-5-3-2-4-12(14)9-19/h2-8H,10H2,1H3,(H,20,22)(H,21,23). The fourth-order valence-electron chi connectivity index (χ4n) is 1.87. The van der Waals surface area contributed by atoms with Crippen LogP contribution in [0.2, 0.25) is 0 Å². The van der Waals surface area contributed by atoms with Gasteiger partial charge >= 0.3 is 0 Å². The lowest BCUT2D eigenvalue weighted by Crippen LogP contribution is -2.43. The number of rotatable bonds is 5. The molecule has 0 saturated heterocycles. The molecule has 0 spiro atoms. The number of carbonyl (C=O) groups excluding carboxylic acids is 2. The van der Waals surface area contributed by atoms with Gasteiger partial charge in [-0.1, -0.05) is 12.1 Å². The van der Waals surface area contributed by atoms with Crippen LogP contribution in [0.15, 0.2) is 42.5 Å². The van der Waals surface area contributed by atoms with Gasteiger partial charge in [-0.3, -0.25) is 20.4 Å². The molecule has 0 aliphatic rings. The largest absolute Gasteiger partial charge is 0.494 e. The van der Waals surface area contributed by atoms with Crippen LogP contribution in [0, 0.1) is 17.1 Å². The molecule has 2 N–H and O–H groups in total. The molecule has 25 heavy (non-hydrogen) atoms. The zero-order chi connectivity index (χ0) is 18.2. The molecule has 0 saturated carbocycles. The zero-order valence-corrected chi connectivity index (χ0v) is 13.2. The lowest BCUT2D eigenvalue weighted by molar-refractivity contribution is -0.123. The maximum absolute atomic E-state index is 13.6. The third-order valence-corrected chi connectivity index (χ3v) is 3.10. The first-order chi connectivity index (χ1) is 12.0. The second-order valence-electron chi connectivity index (χ2n) is 4.75. The summed E-state index contributed by atoms with van der Waals surface area (Å²) in [5.74, 6) is -1.78. The van der Waals surface area contributed by atoms with Crippen molar-refractivity contribution in [2.45, 2.75) is 0 Å². The van der Waals surface area contributed by atoms with Crippen LogP contribution in [-0.2, 0) is 4.79 Å². The Hall–Kier alpha value is -3.60. The summed E-state index contributed by atoms with van der Waals surface area (Å²) in [6.07, 6.45) is 0. The molecule has 0 aromatic heterocycles. The van der Waals surface area contributed by atoms with E-state index in [1.165, 1.54) is 19.2 Å². The Kier molecular flexibility index (Phi) is 5.90. The number of amides is 2. The van der Waals surface area contributed by atoms with E-state index in [1.807, 2.05) is 6.07 Å². The molecule has 0 bridgehead atoms. The summed E-state index contributed by atoms with van der Waals surface area (Å²) >= 11 is 0. The van der Waals surface area contributed by atoms with Crippen LogP contribution in [0.4, 0.5) is 4.39 Å². The van der Waals surface area contributed by atoms with E-state index in [-0.39, 0.29) is 22.6 Å². The van der Waals surface area contributed by atoms with Gasteiger partial charge in [0.25, 0.3) is 11.8 Å². The number of nitrogens with zero attached hydrogens (tertiary/aromatic N) is 1. The highest BCUT2D eigenvalue weighted by atomic mass is 19.1. The lowest BCUT2D eigenvalue weighted by atomic mass is 10.2. The molecule has 8 heteroatoms. The minimum Gasteiger partial charge on any atom is -0.494 e. The Labute approximate surface area is 142 Å². The van der Waals surface area contributed by atoms with E-state index in [4.69, 9.17) is 14.7 Å². The third-order valence-electron chi connectivity index (χ3n) is 3.10. The molecule has 2 aromatic rings. The quantitative estimate of drug-likeness (QED) is 0.802. The van der Waals surface area contributed by atoms with E-state index >= 15 is 0 Å². The van der Waals surface area contributed by atoms with E-state index in [0.29, 0.717) is 0 Å². The average Bonchev–Trinajstić information content (AvgIpc) is 2.64. The van der Waals surface area contributed by atoms with E-state index in [9.17, 15) is 14.0 Å². The first-order valence-electron chi connectivity index (χ1n) is 7.09. The minimum atomic E-state index is -0.702. The Balaban J connectivity index is 1.86. The van der Waals surface area contributed by atoms with Gasteiger partial charge in [0.05, 0.1) is 12.7 Å². The molecule has 2 aromatic carbocycles. The molecular formula is C17H14FN3O4. The fraction of sp³-hybridized carbons (Fsp3) is 0.118. The molecule has 0 radical (unpaired) electrons. The van der Waals surface area contributed by atoms with Crippen molar-refractivity contribution in [2.75, 3.05) is 13.7 Å². The van der Waals surface area contributed by atoms with Gasteiger partial charge in [0.1, 0.15) is 11.8 Å². The topological polar surface area (TPSA) is 100 Å². The van der Waals surface area contributed by atoms with E-state index in [2.05, 4.69) is 10.9 Å². The maximum Gasteiger partial charge on any atom is 0.276 e. The number of hydrogen-bond acceptors (Lipinski definition) is 5. The van der Waals surface area contributed by atoms with Gasteiger partial charge in [-0.05, 0) is 30.3 Å². The second-order valence-corrected chi connectivity index (χ2v) is 4.75. The number of nitrogens with one attached hydrogen (secondary N) is 2. The number of carbonyl (C=O) groups is 2. The molecule has 128 valence electrons. The first kappa shape index (κ1) is 17.7. The molecule has 0 fully saturated rings. The summed E-state index contributed by atoms with van der Waals surface area (Å²) in [6.45, 7) is -0.407. The second kappa shape index (κ2) is 8.31. The van der Waals surface area contributed by atoms with Gasteiger partial charge in [0, 0.05) is 5.56 Å². The SMILES string of the molecule is COc1ccc(C(=O)NNC(=O)COc2ccccc2C#N)cc1F. The van der Waals surface area contributed by atoms with Gasteiger partial charge in [-0.2, -0.15) is 5.26 Å². The number of hydrazine groups is 1. The number of benzene rings is 2. The predicted octanol–water partition coefficient (Wildman–Crippen LogP) is 1.55. The normalized spacial score (nSPS) is 9.64. The summed E-state index contributed by atoms with van der Waals surface area (Å²) in [5, 5.41) is 8.92. The summed E-state index contributed by atoms with van der Waals surface area (Å²) < 4.78 is 23.5. The Bertz CT molecular complexity index is 833. The minimum absolute atomic E-state index is 0.00476. The van der Waals surface area contributed by atoms with Crippen molar-refractivity contribution < 1.29 is 23.5 Å². The molecule has 0 unspecified atom stereocenters. The Morgan fingerprint density at radius 2 is 1.92 bits per heavy atom. The van der Waals surface area contributed by atoms with Crippen molar-refractivity contribution in [3.05, 3.63) is 59.4 Å². The van der Waals surface area contributed by atoms with E-state index < -0.39 is 24.2 Å². The van der Waals surface area contributed by atoms with Crippen LogP contribution < -0.4 is 20.3 Å². The van der Waals surface area contributed by atoms with Crippen LogP contribution in [0.25, 0.3) is 0 Å². The summed E-state index contributed by atoms with van der Waals surface area (Å²) in [4.78, 5) is 23.5. The van der Waals surface area contributed by atoms with Crippen molar-refractivity contribution in [2.24, 2.45) is 0 Å². The number of methoxy groups -OCH3 is 1. The molecule has 0 aliphatic heterocycles. The molecule has 0 atom stereocenters. The molecule has 7 nitrogen and oxygen atoms in total. The van der Waals surface area contributed by atoms with Crippen molar-refractivity contribution in [3.63, 3.8) is 0 Å². The van der Waals surface area contributed by atoms with Gasteiger partial charge in [-0.15, -0.1) is 0 Å². The number of nitriles is 1. The molecule has 2 amide bonds. The van der Waals surface area contributed by atoms with Gasteiger partial charge < -0.3 is 9.47 Å². The number of hydrogen-bond donors (Lipinski definition) is 2. The summed E-state index contributed by atoms with van der Waals surface area (Å²) in [5.41, 5.74) is 4.57. The van der Waals surface area contributed by atoms with Gasteiger partial charge in [0.2, 0.25) is 0 Å². The van der Waals surface area contributed by atoms with Crippen LogP contribution in [0.1, 0.15) is 15.9 Å². The Morgan fingerprint density at radius 3 is 2.60 bits per heavy atom. The van der Waals surface area contributed by atoms with E-state index in [1.54, 1.807) is 24.3 Å².